The highest BCUT2D eigenvalue weighted by molar-refractivity contribution is 7.85. The van der Waals surface area contributed by atoms with Gasteiger partial charge in [-0.05, 0) is 19.3 Å². The molecule has 0 saturated heterocycles. The molecule has 0 heterocycles. The highest BCUT2D eigenvalue weighted by Gasteiger charge is 2.14. The van der Waals surface area contributed by atoms with Crippen LogP contribution in [0.15, 0.2) is 0 Å². The summed E-state index contributed by atoms with van der Waals surface area (Å²) in [5.41, 5.74) is 5.73. The fraction of sp³-hybridized carbons (Fsp3) is 1.00. The Morgan fingerprint density at radius 3 is 2.00 bits per heavy atom. The fourth-order valence-electron chi connectivity index (χ4n) is 1.13. The van der Waals surface area contributed by atoms with Crippen LogP contribution in [0.1, 0.15) is 40.0 Å². The molecule has 0 aromatic rings. The van der Waals surface area contributed by atoms with Crippen LogP contribution in [0.3, 0.4) is 0 Å². The van der Waals surface area contributed by atoms with Gasteiger partial charge in [-0.15, -0.1) is 0 Å². The van der Waals surface area contributed by atoms with Crippen molar-refractivity contribution in [1.29, 1.82) is 0 Å². The summed E-state index contributed by atoms with van der Waals surface area (Å²) >= 11 is 0. The molecule has 0 radical (unpaired) electrons. The second-order valence-electron chi connectivity index (χ2n) is 3.15. The maximum atomic E-state index is 11.6. The molecule has 0 aliphatic carbocycles. The lowest BCUT2D eigenvalue weighted by Crippen LogP contribution is -2.30. The lowest BCUT2D eigenvalue weighted by atomic mass is 10.3. The van der Waals surface area contributed by atoms with Crippen molar-refractivity contribution in [2.45, 2.75) is 51.3 Å². The van der Waals surface area contributed by atoms with Crippen molar-refractivity contribution in [3.8, 4) is 0 Å². The highest BCUT2D eigenvalue weighted by atomic mass is 32.2. The third kappa shape index (κ3) is 4.21. The van der Waals surface area contributed by atoms with Gasteiger partial charge in [0.05, 0.1) is 0 Å². The molecule has 74 valence electrons. The second kappa shape index (κ2) is 6.61. The van der Waals surface area contributed by atoms with Gasteiger partial charge in [-0.1, -0.05) is 20.8 Å². The lowest BCUT2D eigenvalue weighted by molar-refractivity contribution is 0.641. The average molecular weight is 191 g/mol. The van der Waals surface area contributed by atoms with Crippen LogP contribution in [-0.2, 0) is 10.8 Å². The van der Waals surface area contributed by atoms with E-state index in [0.717, 1.165) is 19.3 Å². The van der Waals surface area contributed by atoms with Gasteiger partial charge in [0.2, 0.25) is 0 Å². The first kappa shape index (κ1) is 12.1. The Morgan fingerprint density at radius 2 is 1.67 bits per heavy atom. The van der Waals surface area contributed by atoms with Gasteiger partial charge >= 0.3 is 0 Å². The van der Waals surface area contributed by atoms with Gasteiger partial charge in [-0.3, -0.25) is 4.21 Å². The molecule has 0 bridgehead atoms. The van der Waals surface area contributed by atoms with E-state index < -0.39 is 10.8 Å². The molecule has 0 amide bonds. The van der Waals surface area contributed by atoms with Crippen molar-refractivity contribution in [2.24, 2.45) is 5.73 Å². The molecule has 3 heteroatoms. The molecule has 0 aromatic carbocycles. The van der Waals surface area contributed by atoms with Crippen molar-refractivity contribution < 1.29 is 4.21 Å². The third-order valence-corrected chi connectivity index (χ3v) is 4.35. The third-order valence-electron chi connectivity index (χ3n) is 2.19. The second-order valence-corrected chi connectivity index (χ2v) is 4.92. The zero-order valence-electron chi connectivity index (χ0n) is 8.38. The average Bonchev–Trinajstić information content (AvgIpc) is 2.06. The van der Waals surface area contributed by atoms with Crippen LogP contribution in [0.2, 0.25) is 0 Å². The summed E-state index contributed by atoms with van der Waals surface area (Å²) < 4.78 is 11.6. The summed E-state index contributed by atoms with van der Waals surface area (Å²) in [5.74, 6) is 0.669. The van der Waals surface area contributed by atoms with E-state index >= 15 is 0 Å². The molecular weight excluding hydrogens is 170 g/mol. The summed E-state index contributed by atoms with van der Waals surface area (Å²) in [6, 6.07) is 0.117. The topological polar surface area (TPSA) is 43.1 Å². The molecular formula is C9H21NOS. The summed E-state index contributed by atoms with van der Waals surface area (Å²) in [5, 5.41) is 0.350. The van der Waals surface area contributed by atoms with Gasteiger partial charge in [0.25, 0.3) is 0 Å². The Bertz CT molecular complexity index is 134. The molecule has 12 heavy (non-hydrogen) atoms. The predicted molar refractivity (Wildman–Crippen MR) is 55.6 cm³/mol. The Labute approximate surface area is 78.4 Å². The molecule has 0 fully saturated rings. The van der Waals surface area contributed by atoms with E-state index in [2.05, 4.69) is 13.8 Å². The molecule has 2 unspecified atom stereocenters. The molecule has 0 rings (SSSR count). The summed E-state index contributed by atoms with van der Waals surface area (Å²) in [4.78, 5) is 0. The van der Waals surface area contributed by atoms with Gasteiger partial charge in [-0.2, -0.15) is 0 Å². The maximum absolute atomic E-state index is 11.6. The standard InChI is InChI=1S/C9H21NOS/c1-4-8(10)7-12(11)9(5-2)6-3/h8-9H,4-7,10H2,1-3H3. The van der Waals surface area contributed by atoms with Crippen LogP contribution in [0.4, 0.5) is 0 Å². The monoisotopic (exact) mass is 191 g/mol. The summed E-state index contributed by atoms with van der Waals surface area (Å²) in [6.07, 6.45) is 2.92. The van der Waals surface area contributed by atoms with Crippen LogP contribution < -0.4 is 5.73 Å². The van der Waals surface area contributed by atoms with Crippen molar-refractivity contribution in [3.05, 3.63) is 0 Å². The van der Waals surface area contributed by atoms with E-state index in [1.54, 1.807) is 0 Å². The van der Waals surface area contributed by atoms with Gasteiger partial charge < -0.3 is 5.73 Å². The van der Waals surface area contributed by atoms with Crippen molar-refractivity contribution in [3.63, 3.8) is 0 Å². The summed E-state index contributed by atoms with van der Waals surface area (Å²) in [6.45, 7) is 6.21. The zero-order valence-corrected chi connectivity index (χ0v) is 9.19. The van der Waals surface area contributed by atoms with Gasteiger partial charge in [0.15, 0.2) is 0 Å². The molecule has 0 aliphatic heterocycles. The van der Waals surface area contributed by atoms with Crippen molar-refractivity contribution >= 4 is 10.8 Å². The van der Waals surface area contributed by atoms with Gasteiger partial charge in [-0.25, -0.2) is 0 Å². The zero-order chi connectivity index (χ0) is 9.56. The maximum Gasteiger partial charge on any atom is 0.0389 e. The number of hydrogen-bond acceptors (Lipinski definition) is 2. The van der Waals surface area contributed by atoms with E-state index in [1.165, 1.54) is 0 Å². The largest absolute Gasteiger partial charge is 0.327 e. The molecule has 2 N–H and O–H groups in total. The molecule has 2 nitrogen and oxygen atoms in total. The minimum atomic E-state index is -0.713. The Morgan fingerprint density at radius 1 is 1.17 bits per heavy atom. The Balaban J connectivity index is 3.84. The Hall–Kier alpha value is 0.110. The van der Waals surface area contributed by atoms with Crippen LogP contribution in [0.25, 0.3) is 0 Å². The molecule has 0 aliphatic rings. The van der Waals surface area contributed by atoms with Crippen LogP contribution >= 0.6 is 0 Å². The lowest BCUT2D eigenvalue weighted by Gasteiger charge is -2.14. The number of nitrogens with two attached hydrogens (primary N) is 1. The van der Waals surface area contributed by atoms with Crippen molar-refractivity contribution in [1.82, 2.24) is 0 Å². The number of rotatable bonds is 6. The SMILES string of the molecule is CCC(N)CS(=O)C(CC)CC. The quantitative estimate of drug-likeness (QED) is 0.694. The van der Waals surface area contributed by atoms with Crippen LogP contribution in [0, 0.1) is 0 Å². The summed E-state index contributed by atoms with van der Waals surface area (Å²) in [7, 11) is -0.713. The first-order valence-electron chi connectivity index (χ1n) is 4.78. The normalized spacial score (nSPS) is 16.4. The van der Waals surface area contributed by atoms with Crippen LogP contribution in [-0.4, -0.2) is 21.3 Å². The van der Waals surface area contributed by atoms with Gasteiger partial charge in [0, 0.05) is 27.8 Å². The van der Waals surface area contributed by atoms with E-state index in [1.807, 2.05) is 6.92 Å². The minimum absolute atomic E-state index is 0.117. The minimum Gasteiger partial charge on any atom is -0.327 e. The van der Waals surface area contributed by atoms with E-state index in [4.69, 9.17) is 5.73 Å². The van der Waals surface area contributed by atoms with Crippen molar-refractivity contribution in [2.75, 3.05) is 5.75 Å². The molecule has 0 aromatic heterocycles. The van der Waals surface area contributed by atoms with E-state index in [-0.39, 0.29) is 6.04 Å². The Kier molecular flexibility index (Phi) is 6.67. The molecule has 2 atom stereocenters. The smallest absolute Gasteiger partial charge is 0.0389 e. The number of hydrogen-bond donors (Lipinski definition) is 1. The molecule has 0 spiro atoms. The molecule has 0 saturated carbocycles. The van der Waals surface area contributed by atoms with Crippen LogP contribution in [0.5, 0.6) is 0 Å². The first-order chi connectivity index (χ1) is 5.65. The fourth-order valence-corrected chi connectivity index (χ4v) is 2.80. The van der Waals surface area contributed by atoms with E-state index in [0.29, 0.717) is 11.0 Å². The predicted octanol–water partition coefficient (Wildman–Crippen LogP) is 1.66. The first-order valence-corrected chi connectivity index (χ1v) is 6.16. The van der Waals surface area contributed by atoms with Gasteiger partial charge in [0.1, 0.15) is 0 Å². The highest BCUT2D eigenvalue weighted by Crippen LogP contribution is 2.07. The van der Waals surface area contributed by atoms with E-state index in [9.17, 15) is 4.21 Å².